The van der Waals surface area contributed by atoms with Gasteiger partial charge in [-0.1, -0.05) is 19.8 Å². The first-order valence-electron chi connectivity index (χ1n) is 7.42. The molecule has 1 aliphatic carbocycles. The second kappa shape index (κ2) is 5.04. The molecule has 3 nitrogen and oxygen atoms in total. The molecule has 104 valence electrons. The second-order valence-electron chi connectivity index (χ2n) is 5.70. The zero-order chi connectivity index (χ0) is 13.3. The Morgan fingerprint density at radius 3 is 2.32 bits per heavy atom. The Morgan fingerprint density at radius 2 is 1.74 bits per heavy atom. The summed E-state index contributed by atoms with van der Waals surface area (Å²) in [5.74, 6) is 1.80. The van der Waals surface area contributed by atoms with Crippen molar-refractivity contribution >= 4 is 0 Å². The van der Waals surface area contributed by atoms with Crippen LogP contribution in [0.5, 0.6) is 11.5 Å². The standard InChI is InChI=1S/C16H23NO2/c1-2-12-9-14-15(19-8-7-18-14)10-13(12)16(11-17)5-3-4-6-16/h9-10H,2-8,11,17H2,1H3. The normalized spacial score (nSPS) is 20.5. The summed E-state index contributed by atoms with van der Waals surface area (Å²) in [7, 11) is 0. The van der Waals surface area contributed by atoms with Crippen LogP contribution in [0.2, 0.25) is 0 Å². The maximum absolute atomic E-state index is 6.13. The summed E-state index contributed by atoms with van der Waals surface area (Å²) in [5.41, 5.74) is 9.07. The van der Waals surface area contributed by atoms with Gasteiger partial charge in [-0.15, -0.1) is 0 Å². The van der Waals surface area contributed by atoms with E-state index < -0.39 is 0 Å². The van der Waals surface area contributed by atoms with Crippen molar-refractivity contribution in [1.82, 2.24) is 0 Å². The first-order chi connectivity index (χ1) is 9.29. The van der Waals surface area contributed by atoms with Gasteiger partial charge in [0, 0.05) is 12.0 Å². The SMILES string of the molecule is CCc1cc2c(cc1C1(CN)CCCC1)OCCO2. The number of fused-ring (bicyclic) bond motifs is 1. The van der Waals surface area contributed by atoms with Gasteiger partial charge in [-0.05, 0) is 42.5 Å². The fraction of sp³-hybridized carbons (Fsp3) is 0.625. The van der Waals surface area contributed by atoms with Gasteiger partial charge < -0.3 is 15.2 Å². The van der Waals surface area contributed by atoms with Crippen LogP contribution in [0.15, 0.2) is 12.1 Å². The maximum Gasteiger partial charge on any atom is 0.161 e. The molecule has 19 heavy (non-hydrogen) atoms. The predicted octanol–water partition coefficient (Wildman–Crippen LogP) is 2.79. The highest BCUT2D eigenvalue weighted by Crippen LogP contribution is 2.45. The van der Waals surface area contributed by atoms with Gasteiger partial charge in [0.2, 0.25) is 0 Å². The van der Waals surface area contributed by atoms with E-state index in [9.17, 15) is 0 Å². The van der Waals surface area contributed by atoms with Gasteiger partial charge >= 0.3 is 0 Å². The van der Waals surface area contributed by atoms with E-state index >= 15 is 0 Å². The highest BCUT2D eigenvalue weighted by Gasteiger charge is 2.36. The Kier molecular flexibility index (Phi) is 3.40. The first-order valence-corrected chi connectivity index (χ1v) is 7.42. The van der Waals surface area contributed by atoms with E-state index in [2.05, 4.69) is 19.1 Å². The van der Waals surface area contributed by atoms with Crippen LogP contribution >= 0.6 is 0 Å². The third-order valence-electron chi connectivity index (χ3n) is 4.67. The Hall–Kier alpha value is -1.22. The average molecular weight is 261 g/mol. The average Bonchev–Trinajstić information content (AvgIpc) is 2.96. The molecule has 3 heteroatoms. The van der Waals surface area contributed by atoms with Gasteiger partial charge in [0.05, 0.1) is 0 Å². The Balaban J connectivity index is 2.08. The second-order valence-corrected chi connectivity index (χ2v) is 5.70. The molecule has 2 N–H and O–H groups in total. The van der Waals surface area contributed by atoms with E-state index in [4.69, 9.17) is 15.2 Å². The van der Waals surface area contributed by atoms with Crippen molar-refractivity contribution in [1.29, 1.82) is 0 Å². The molecule has 1 heterocycles. The van der Waals surface area contributed by atoms with Crippen molar-refractivity contribution in [2.24, 2.45) is 5.73 Å². The molecule has 0 amide bonds. The maximum atomic E-state index is 6.13. The van der Waals surface area contributed by atoms with Crippen LogP contribution in [-0.4, -0.2) is 19.8 Å². The molecule has 1 saturated carbocycles. The number of rotatable bonds is 3. The summed E-state index contributed by atoms with van der Waals surface area (Å²) in [4.78, 5) is 0. The van der Waals surface area contributed by atoms with Crippen molar-refractivity contribution in [3.05, 3.63) is 23.3 Å². The lowest BCUT2D eigenvalue weighted by atomic mass is 9.76. The van der Waals surface area contributed by atoms with E-state index in [1.807, 2.05) is 0 Å². The Morgan fingerprint density at radius 1 is 1.11 bits per heavy atom. The summed E-state index contributed by atoms with van der Waals surface area (Å²) < 4.78 is 11.4. The van der Waals surface area contributed by atoms with Crippen LogP contribution < -0.4 is 15.2 Å². The van der Waals surface area contributed by atoms with Crippen LogP contribution in [0.3, 0.4) is 0 Å². The molecular formula is C16H23NO2. The summed E-state index contributed by atoms with van der Waals surface area (Å²) in [6, 6.07) is 4.37. The van der Waals surface area contributed by atoms with E-state index in [1.165, 1.54) is 36.8 Å². The van der Waals surface area contributed by atoms with Crippen molar-refractivity contribution in [2.45, 2.75) is 44.4 Å². The first kappa shape index (κ1) is 12.8. The fourth-order valence-corrected chi connectivity index (χ4v) is 3.55. The van der Waals surface area contributed by atoms with Crippen molar-refractivity contribution in [3.8, 4) is 11.5 Å². The molecule has 1 aromatic rings. The molecule has 0 saturated heterocycles. The molecule has 0 unspecified atom stereocenters. The number of nitrogens with two attached hydrogens (primary N) is 1. The van der Waals surface area contributed by atoms with E-state index in [-0.39, 0.29) is 5.41 Å². The van der Waals surface area contributed by atoms with Crippen molar-refractivity contribution < 1.29 is 9.47 Å². The van der Waals surface area contributed by atoms with Gasteiger partial charge in [0.25, 0.3) is 0 Å². The largest absolute Gasteiger partial charge is 0.486 e. The van der Waals surface area contributed by atoms with Gasteiger partial charge in [-0.2, -0.15) is 0 Å². The number of benzene rings is 1. The lowest BCUT2D eigenvalue weighted by Gasteiger charge is -2.32. The van der Waals surface area contributed by atoms with Gasteiger partial charge in [-0.25, -0.2) is 0 Å². The highest BCUT2D eigenvalue weighted by molar-refractivity contribution is 5.51. The molecule has 0 radical (unpaired) electrons. The quantitative estimate of drug-likeness (QED) is 0.910. The molecule has 0 atom stereocenters. The molecule has 3 rings (SSSR count). The number of ether oxygens (including phenoxy) is 2. The molecule has 2 aliphatic rings. The number of hydrogen-bond donors (Lipinski definition) is 1. The molecule has 0 aromatic heterocycles. The minimum atomic E-state index is 0.168. The van der Waals surface area contributed by atoms with Crippen LogP contribution in [0.4, 0.5) is 0 Å². The van der Waals surface area contributed by atoms with E-state index in [0.29, 0.717) is 13.2 Å². The van der Waals surface area contributed by atoms with Gasteiger partial charge in [0.15, 0.2) is 11.5 Å². The summed E-state index contributed by atoms with van der Waals surface area (Å²) in [6.45, 7) is 4.23. The zero-order valence-corrected chi connectivity index (χ0v) is 11.7. The fourth-order valence-electron chi connectivity index (χ4n) is 3.55. The molecule has 0 spiro atoms. The van der Waals surface area contributed by atoms with Crippen LogP contribution in [-0.2, 0) is 11.8 Å². The minimum Gasteiger partial charge on any atom is -0.486 e. The lowest BCUT2D eigenvalue weighted by Crippen LogP contribution is -2.33. The molecule has 1 fully saturated rings. The third kappa shape index (κ3) is 2.10. The Labute approximate surface area is 115 Å². The van der Waals surface area contributed by atoms with E-state index in [0.717, 1.165) is 24.5 Å². The summed E-state index contributed by atoms with van der Waals surface area (Å²) in [6.07, 6.45) is 6.00. The van der Waals surface area contributed by atoms with Crippen LogP contribution in [0, 0.1) is 0 Å². The predicted molar refractivity (Wildman–Crippen MR) is 76.0 cm³/mol. The monoisotopic (exact) mass is 261 g/mol. The smallest absolute Gasteiger partial charge is 0.161 e. The summed E-state index contributed by atoms with van der Waals surface area (Å²) >= 11 is 0. The highest BCUT2D eigenvalue weighted by atomic mass is 16.6. The Bertz CT molecular complexity index is 464. The van der Waals surface area contributed by atoms with E-state index in [1.54, 1.807) is 0 Å². The van der Waals surface area contributed by atoms with Gasteiger partial charge in [0.1, 0.15) is 13.2 Å². The topological polar surface area (TPSA) is 44.5 Å². The third-order valence-corrected chi connectivity index (χ3v) is 4.67. The molecule has 0 bridgehead atoms. The van der Waals surface area contributed by atoms with Crippen molar-refractivity contribution in [3.63, 3.8) is 0 Å². The zero-order valence-electron chi connectivity index (χ0n) is 11.7. The minimum absolute atomic E-state index is 0.168. The van der Waals surface area contributed by atoms with Crippen LogP contribution in [0.1, 0.15) is 43.7 Å². The lowest BCUT2D eigenvalue weighted by molar-refractivity contribution is 0.171. The molecule has 1 aromatic carbocycles. The summed E-state index contributed by atoms with van der Waals surface area (Å²) in [5, 5.41) is 0. The van der Waals surface area contributed by atoms with Crippen molar-refractivity contribution in [2.75, 3.05) is 19.8 Å². The van der Waals surface area contributed by atoms with Crippen LogP contribution in [0.25, 0.3) is 0 Å². The molecule has 1 aliphatic heterocycles. The van der Waals surface area contributed by atoms with Gasteiger partial charge in [-0.3, -0.25) is 0 Å². The number of hydrogen-bond acceptors (Lipinski definition) is 3. The molecular weight excluding hydrogens is 238 g/mol. The number of aryl methyl sites for hydroxylation is 1.